The Morgan fingerprint density at radius 2 is 1.93 bits per heavy atom. The quantitative estimate of drug-likeness (QED) is 0.693. The van der Waals surface area contributed by atoms with Gasteiger partial charge in [-0.25, -0.2) is 4.68 Å². The molecule has 0 saturated carbocycles. The van der Waals surface area contributed by atoms with Gasteiger partial charge in [-0.3, -0.25) is 30.0 Å². The first-order valence-electron chi connectivity index (χ1n) is 8.84. The van der Waals surface area contributed by atoms with Crippen molar-refractivity contribution in [3.63, 3.8) is 0 Å². The number of hydrogen-bond donors (Lipinski definition) is 2. The SMILES string of the molecule is Cn1nc(C(=O)NNC(=O)[C@@H]2CS[C@]3(C)CCC(=O)N23)c2ccccc2c1=O. The molecule has 28 heavy (non-hydrogen) atoms. The molecule has 2 aliphatic rings. The van der Waals surface area contributed by atoms with Gasteiger partial charge in [-0.15, -0.1) is 11.8 Å². The van der Waals surface area contributed by atoms with Gasteiger partial charge >= 0.3 is 0 Å². The van der Waals surface area contributed by atoms with Crippen LogP contribution in [0.1, 0.15) is 30.3 Å². The summed E-state index contributed by atoms with van der Waals surface area (Å²) in [5.74, 6) is -0.662. The predicted octanol–water partition coefficient (Wildman–Crippen LogP) is 0.149. The van der Waals surface area contributed by atoms with Gasteiger partial charge in [0, 0.05) is 24.6 Å². The largest absolute Gasteiger partial charge is 0.315 e. The summed E-state index contributed by atoms with van der Waals surface area (Å²) in [4.78, 5) is 50.8. The summed E-state index contributed by atoms with van der Waals surface area (Å²) in [6, 6.07) is 6.02. The van der Waals surface area contributed by atoms with E-state index in [0.29, 0.717) is 29.4 Å². The molecule has 2 saturated heterocycles. The molecule has 146 valence electrons. The molecule has 0 radical (unpaired) electrons. The van der Waals surface area contributed by atoms with Gasteiger partial charge < -0.3 is 4.90 Å². The molecule has 9 nitrogen and oxygen atoms in total. The third kappa shape index (κ3) is 2.84. The van der Waals surface area contributed by atoms with Crippen LogP contribution in [0.15, 0.2) is 29.1 Å². The van der Waals surface area contributed by atoms with E-state index in [1.807, 2.05) is 6.92 Å². The summed E-state index contributed by atoms with van der Waals surface area (Å²) in [5, 5.41) is 4.79. The molecule has 3 heterocycles. The van der Waals surface area contributed by atoms with Crippen molar-refractivity contribution in [3.8, 4) is 0 Å². The summed E-state index contributed by atoms with van der Waals surface area (Å²) >= 11 is 1.57. The Morgan fingerprint density at radius 3 is 2.68 bits per heavy atom. The number of hydrazine groups is 1. The van der Waals surface area contributed by atoms with E-state index < -0.39 is 17.9 Å². The van der Waals surface area contributed by atoms with E-state index >= 15 is 0 Å². The number of fused-ring (bicyclic) bond motifs is 2. The monoisotopic (exact) mass is 401 g/mol. The van der Waals surface area contributed by atoms with Crippen molar-refractivity contribution >= 4 is 40.3 Å². The number of amides is 3. The molecule has 2 N–H and O–H groups in total. The van der Waals surface area contributed by atoms with Crippen LogP contribution in [0.3, 0.4) is 0 Å². The van der Waals surface area contributed by atoms with E-state index in [9.17, 15) is 19.2 Å². The Morgan fingerprint density at radius 1 is 1.21 bits per heavy atom. The molecule has 0 aliphatic carbocycles. The van der Waals surface area contributed by atoms with Crippen molar-refractivity contribution in [3.05, 3.63) is 40.3 Å². The van der Waals surface area contributed by atoms with Crippen LogP contribution in [0, 0.1) is 0 Å². The average Bonchev–Trinajstić information content (AvgIpc) is 3.18. The van der Waals surface area contributed by atoms with Crippen LogP contribution in [-0.2, 0) is 16.6 Å². The first-order chi connectivity index (χ1) is 13.3. The van der Waals surface area contributed by atoms with Crippen LogP contribution in [0.5, 0.6) is 0 Å². The lowest BCUT2D eigenvalue weighted by atomic mass is 10.1. The van der Waals surface area contributed by atoms with E-state index in [0.717, 1.165) is 4.68 Å². The molecule has 4 rings (SSSR count). The molecule has 1 aromatic carbocycles. The normalized spacial score (nSPS) is 23.7. The fourth-order valence-corrected chi connectivity index (χ4v) is 5.17. The Bertz CT molecular complexity index is 1070. The molecular formula is C18H19N5O4S. The summed E-state index contributed by atoms with van der Waals surface area (Å²) in [6.45, 7) is 1.95. The summed E-state index contributed by atoms with van der Waals surface area (Å²) in [7, 11) is 1.46. The molecule has 1 aromatic heterocycles. The van der Waals surface area contributed by atoms with E-state index in [-0.39, 0.29) is 22.0 Å². The van der Waals surface area contributed by atoms with Crippen LogP contribution >= 0.6 is 11.8 Å². The van der Waals surface area contributed by atoms with Crippen molar-refractivity contribution in [2.24, 2.45) is 7.05 Å². The maximum atomic E-state index is 12.6. The van der Waals surface area contributed by atoms with Crippen LogP contribution in [0.4, 0.5) is 0 Å². The zero-order valence-electron chi connectivity index (χ0n) is 15.4. The van der Waals surface area contributed by atoms with Gasteiger partial charge in [0.2, 0.25) is 5.91 Å². The minimum Gasteiger partial charge on any atom is -0.315 e. The molecule has 10 heteroatoms. The Kier molecular flexibility index (Phi) is 4.37. The molecule has 2 aromatic rings. The Hall–Kier alpha value is -2.88. The molecular weight excluding hydrogens is 382 g/mol. The second kappa shape index (κ2) is 6.62. The maximum absolute atomic E-state index is 12.6. The number of carbonyl (C=O) groups is 3. The molecule has 0 bridgehead atoms. The van der Waals surface area contributed by atoms with Gasteiger partial charge in [0.25, 0.3) is 17.4 Å². The van der Waals surface area contributed by atoms with Gasteiger partial charge in [0.1, 0.15) is 6.04 Å². The van der Waals surface area contributed by atoms with E-state index in [1.54, 1.807) is 40.9 Å². The molecule has 2 fully saturated rings. The minimum absolute atomic E-state index is 0.0286. The number of nitrogens with zero attached hydrogens (tertiary/aromatic N) is 3. The third-order valence-electron chi connectivity index (χ3n) is 5.22. The topological polar surface area (TPSA) is 113 Å². The van der Waals surface area contributed by atoms with Gasteiger partial charge in [0.15, 0.2) is 5.69 Å². The standard InChI is InChI=1S/C18H19N5O4S/c1-18-8-7-13(24)23(18)12(9-28-18)15(25)19-20-16(26)14-10-5-3-4-6-11(10)17(27)22(2)21-14/h3-6,12H,7-9H2,1-2H3,(H,19,25)(H,20,26)/t12-,18+/m0/s1. The van der Waals surface area contributed by atoms with Crippen molar-refractivity contribution < 1.29 is 14.4 Å². The fourth-order valence-electron chi connectivity index (χ4n) is 3.74. The molecule has 0 unspecified atom stereocenters. The van der Waals surface area contributed by atoms with Crippen molar-refractivity contribution in [2.45, 2.75) is 30.7 Å². The van der Waals surface area contributed by atoms with Crippen molar-refractivity contribution in [1.82, 2.24) is 25.5 Å². The average molecular weight is 401 g/mol. The predicted molar refractivity (Wildman–Crippen MR) is 103 cm³/mol. The highest BCUT2D eigenvalue weighted by molar-refractivity contribution is 8.01. The highest BCUT2D eigenvalue weighted by atomic mass is 32.2. The van der Waals surface area contributed by atoms with E-state index in [1.165, 1.54) is 7.05 Å². The Balaban J connectivity index is 1.52. The highest BCUT2D eigenvalue weighted by Gasteiger charge is 2.52. The first-order valence-corrected chi connectivity index (χ1v) is 9.83. The van der Waals surface area contributed by atoms with Crippen LogP contribution in [0.2, 0.25) is 0 Å². The first kappa shape index (κ1) is 18.5. The number of thioether (sulfide) groups is 1. The number of carbonyl (C=O) groups excluding carboxylic acids is 3. The van der Waals surface area contributed by atoms with Gasteiger partial charge in [-0.1, -0.05) is 18.2 Å². The van der Waals surface area contributed by atoms with Gasteiger partial charge in [-0.2, -0.15) is 5.10 Å². The lowest BCUT2D eigenvalue weighted by Crippen LogP contribution is -2.54. The van der Waals surface area contributed by atoms with Crippen LogP contribution in [0.25, 0.3) is 10.8 Å². The molecule has 3 amide bonds. The van der Waals surface area contributed by atoms with Gasteiger partial charge in [-0.05, 0) is 19.4 Å². The van der Waals surface area contributed by atoms with Gasteiger partial charge in [0.05, 0.1) is 10.3 Å². The van der Waals surface area contributed by atoms with Crippen molar-refractivity contribution in [2.75, 3.05) is 5.75 Å². The highest BCUT2D eigenvalue weighted by Crippen LogP contribution is 2.47. The van der Waals surface area contributed by atoms with Crippen LogP contribution in [-0.4, -0.2) is 49.1 Å². The number of hydrogen-bond acceptors (Lipinski definition) is 6. The second-order valence-corrected chi connectivity index (χ2v) is 8.53. The second-order valence-electron chi connectivity index (χ2n) is 7.03. The van der Waals surface area contributed by atoms with E-state index in [2.05, 4.69) is 16.0 Å². The third-order valence-corrected chi connectivity index (χ3v) is 6.72. The summed E-state index contributed by atoms with van der Waals surface area (Å²) in [5.41, 5.74) is 4.47. The van der Waals surface area contributed by atoms with Crippen molar-refractivity contribution in [1.29, 1.82) is 0 Å². The smallest absolute Gasteiger partial charge is 0.290 e. The Labute approximate surface area is 164 Å². The van der Waals surface area contributed by atoms with Crippen LogP contribution < -0.4 is 16.4 Å². The maximum Gasteiger partial charge on any atom is 0.290 e. The number of aromatic nitrogens is 2. The zero-order chi connectivity index (χ0) is 20.1. The lowest BCUT2D eigenvalue weighted by molar-refractivity contribution is -0.138. The summed E-state index contributed by atoms with van der Waals surface area (Å²) in [6.07, 6.45) is 1.13. The number of aryl methyl sites for hydroxylation is 1. The number of nitrogens with one attached hydrogen (secondary N) is 2. The molecule has 0 spiro atoms. The molecule has 2 atom stereocenters. The molecule has 2 aliphatic heterocycles. The van der Waals surface area contributed by atoms with E-state index in [4.69, 9.17) is 0 Å². The summed E-state index contributed by atoms with van der Waals surface area (Å²) < 4.78 is 1.08. The fraction of sp³-hybridized carbons (Fsp3) is 0.389. The lowest BCUT2D eigenvalue weighted by Gasteiger charge is -2.29. The number of benzene rings is 1. The zero-order valence-corrected chi connectivity index (χ0v) is 16.2. The minimum atomic E-state index is -0.638. The number of rotatable bonds is 2.